The molecular formula is C28H27N. The number of nitrogens with zero attached hydrogens (tertiary/aromatic N) is 1. The number of aryl methyl sites for hydroxylation is 4. The lowest BCUT2D eigenvalue weighted by Gasteiger charge is -2.27. The van der Waals surface area contributed by atoms with Crippen LogP contribution in [0.2, 0.25) is 0 Å². The van der Waals surface area contributed by atoms with E-state index in [2.05, 4.69) is 124 Å². The minimum Gasteiger partial charge on any atom is -0.310 e. The maximum absolute atomic E-state index is 2.33. The average molecular weight is 378 g/mol. The van der Waals surface area contributed by atoms with E-state index in [0.717, 1.165) is 0 Å². The Morgan fingerprint density at radius 1 is 0.448 bits per heavy atom. The predicted octanol–water partition coefficient (Wildman–Crippen LogP) is 8.06. The van der Waals surface area contributed by atoms with Gasteiger partial charge in [0, 0.05) is 17.1 Å². The van der Waals surface area contributed by atoms with Crippen LogP contribution in [0.1, 0.15) is 22.3 Å². The van der Waals surface area contributed by atoms with E-state index in [1.807, 2.05) is 0 Å². The first-order chi connectivity index (χ1) is 14.0. The van der Waals surface area contributed by atoms with Crippen molar-refractivity contribution in [3.8, 4) is 11.1 Å². The zero-order chi connectivity index (χ0) is 20.4. The first kappa shape index (κ1) is 19.0. The fourth-order valence-electron chi connectivity index (χ4n) is 3.87. The average Bonchev–Trinajstić information content (AvgIpc) is 2.71. The lowest BCUT2D eigenvalue weighted by molar-refractivity contribution is 1.25. The lowest BCUT2D eigenvalue weighted by Crippen LogP contribution is -2.10. The van der Waals surface area contributed by atoms with E-state index in [0.29, 0.717) is 0 Å². The van der Waals surface area contributed by atoms with Crippen LogP contribution in [0.25, 0.3) is 11.1 Å². The third-order valence-corrected chi connectivity index (χ3v) is 5.46. The smallest absolute Gasteiger partial charge is 0.0464 e. The standard InChI is InChI=1S/C28H27N/c1-20-12-14-24(15-13-20)29(25-10-7-8-21(2)18-25)26-16-17-28(23(4)19-26)27-11-6-5-9-22(27)3/h5-19H,1-4H3. The van der Waals surface area contributed by atoms with Crippen LogP contribution in [0.4, 0.5) is 17.1 Å². The third kappa shape index (κ3) is 3.95. The Balaban J connectivity index is 1.84. The van der Waals surface area contributed by atoms with Gasteiger partial charge in [0.1, 0.15) is 0 Å². The van der Waals surface area contributed by atoms with Gasteiger partial charge < -0.3 is 4.90 Å². The van der Waals surface area contributed by atoms with Crippen molar-refractivity contribution >= 4 is 17.1 Å². The van der Waals surface area contributed by atoms with Crippen LogP contribution in [-0.2, 0) is 0 Å². The van der Waals surface area contributed by atoms with Crippen molar-refractivity contribution in [2.45, 2.75) is 27.7 Å². The van der Waals surface area contributed by atoms with Crippen molar-refractivity contribution in [2.75, 3.05) is 4.90 Å². The molecule has 0 atom stereocenters. The number of hydrogen-bond donors (Lipinski definition) is 0. The van der Waals surface area contributed by atoms with Crippen LogP contribution in [0.3, 0.4) is 0 Å². The van der Waals surface area contributed by atoms with Gasteiger partial charge in [-0.3, -0.25) is 0 Å². The molecule has 4 aromatic carbocycles. The Morgan fingerprint density at radius 3 is 1.79 bits per heavy atom. The molecule has 4 rings (SSSR count). The van der Waals surface area contributed by atoms with E-state index in [1.165, 1.54) is 50.4 Å². The van der Waals surface area contributed by atoms with Gasteiger partial charge in [0.25, 0.3) is 0 Å². The summed E-state index contributed by atoms with van der Waals surface area (Å²) < 4.78 is 0. The van der Waals surface area contributed by atoms with Crippen molar-refractivity contribution in [1.82, 2.24) is 0 Å². The number of benzene rings is 4. The van der Waals surface area contributed by atoms with Crippen LogP contribution >= 0.6 is 0 Å². The van der Waals surface area contributed by atoms with Gasteiger partial charge in [0.2, 0.25) is 0 Å². The summed E-state index contributed by atoms with van der Waals surface area (Å²) in [5.74, 6) is 0. The van der Waals surface area contributed by atoms with E-state index < -0.39 is 0 Å². The topological polar surface area (TPSA) is 3.24 Å². The monoisotopic (exact) mass is 377 g/mol. The first-order valence-corrected chi connectivity index (χ1v) is 10.1. The fourth-order valence-corrected chi connectivity index (χ4v) is 3.87. The Hall–Kier alpha value is -3.32. The van der Waals surface area contributed by atoms with Crippen molar-refractivity contribution in [3.05, 3.63) is 113 Å². The Bertz CT molecular complexity index is 1140. The molecule has 0 spiro atoms. The highest BCUT2D eigenvalue weighted by atomic mass is 15.1. The summed E-state index contributed by atoms with van der Waals surface area (Å²) >= 11 is 0. The zero-order valence-electron chi connectivity index (χ0n) is 17.6. The second kappa shape index (κ2) is 7.97. The summed E-state index contributed by atoms with van der Waals surface area (Å²) in [7, 11) is 0. The second-order valence-electron chi connectivity index (χ2n) is 7.82. The van der Waals surface area contributed by atoms with E-state index >= 15 is 0 Å². The molecule has 0 unspecified atom stereocenters. The Labute approximate surface area is 174 Å². The highest BCUT2D eigenvalue weighted by Gasteiger charge is 2.14. The van der Waals surface area contributed by atoms with Crippen LogP contribution in [0.15, 0.2) is 91.0 Å². The van der Waals surface area contributed by atoms with E-state index in [-0.39, 0.29) is 0 Å². The molecule has 0 saturated heterocycles. The zero-order valence-corrected chi connectivity index (χ0v) is 17.6. The van der Waals surface area contributed by atoms with Gasteiger partial charge in [0.05, 0.1) is 0 Å². The van der Waals surface area contributed by atoms with Gasteiger partial charge in [-0.15, -0.1) is 0 Å². The molecule has 0 aliphatic heterocycles. The molecule has 0 aliphatic rings. The van der Waals surface area contributed by atoms with Crippen molar-refractivity contribution in [2.24, 2.45) is 0 Å². The van der Waals surface area contributed by atoms with Gasteiger partial charge in [-0.25, -0.2) is 0 Å². The van der Waals surface area contributed by atoms with Crippen LogP contribution in [-0.4, -0.2) is 0 Å². The second-order valence-corrected chi connectivity index (χ2v) is 7.82. The van der Waals surface area contributed by atoms with Gasteiger partial charge in [-0.2, -0.15) is 0 Å². The quantitative estimate of drug-likeness (QED) is 0.347. The molecular weight excluding hydrogens is 350 g/mol. The van der Waals surface area contributed by atoms with Gasteiger partial charge in [-0.05, 0) is 91.9 Å². The normalized spacial score (nSPS) is 10.8. The number of rotatable bonds is 4. The Kier molecular flexibility index (Phi) is 5.22. The van der Waals surface area contributed by atoms with E-state index in [9.17, 15) is 0 Å². The summed E-state index contributed by atoms with van der Waals surface area (Å²) in [4.78, 5) is 2.33. The van der Waals surface area contributed by atoms with Crippen LogP contribution in [0.5, 0.6) is 0 Å². The first-order valence-electron chi connectivity index (χ1n) is 10.1. The maximum Gasteiger partial charge on any atom is 0.0464 e. The molecule has 0 heterocycles. The highest BCUT2D eigenvalue weighted by Crippen LogP contribution is 2.37. The molecule has 0 aliphatic carbocycles. The van der Waals surface area contributed by atoms with Crippen LogP contribution in [0, 0.1) is 27.7 Å². The van der Waals surface area contributed by atoms with Crippen LogP contribution < -0.4 is 4.90 Å². The largest absolute Gasteiger partial charge is 0.310 e. The van der Waals surface area contributed by atoms with E-state index in [4.69, 9.17) is 0 Å². The minimum atomic E-state index is 1.17. The summed E-state index contributed by atoms with van der Waals surface area (Å²) in [6, 6.07) is 32.8. The molecule has 4 aromatic rings. The highest BCUT2D eigenvalue weighted by molar-refractivity contribution is 5.80. The molecule has 0 aromatic heterocycles. The van der Waals surface area contributed by atoms with Gasteiger partial charge in [0.15, 0.2) is 0 Å². The number of anilines is 3. The molecule has 0 N–H and O–H groups in total. The van der Waals surface area contributed by atoms with Gasteiger partial charge >= 0.3 is 0 Å². The maximum atomic E-state index is 2.33. The fraction of sp³-hybridized carbons (Fsp3) is 0.143. The molecule has 0 radical (unpaired) electrons. The van der Waals surface area contributed by atoms with E-state index in [1.54, 1.807) is 0 Å². The lowest BCUT2D eigenvalue weighted by atomic mass is 9.96. The summed E-state index contributed by atoms with van der Waals surface area (Å²) in [5.41, 5.74) is 11.2. The minimum absolute atomic E-state index is 1.17. The van der Waals surface area contributed by atoms with Gasteiger partial charge in [-0.1, -0.05) is 60.2 Å². The molecule has 0 saturated carbocycles. The summed E-state index contributed by atoms with van der Waals surface area (Å²) in [6.45, 7) is 8.65. The SMILES string of the molecule is Cc1ccc(N(c2cccc(C)c2)c2ccc(-c3ccccc3C)c(C)c2)cc1. The molecule has 29 heavy (non-hydrogen) atoms. The molecule has 0 bridgehead atoms. The third-order valence-electron chi connectivity index (χ3n) is 5.46. The molecule has 0 fully saturated rings. The molecule has 144 valence electrons. The summed E-state index contributed by atoms with van der Waals surface area (Å²) in [5, 5.41) is 0. The van der Waals surface area contributed by atoms with Crippen molar-refractivity contribution in [1.29, 1.82) is 0 Å². The molecule has 1 heteroatoms. The molecule has 0 amide bonds. The predicted molar refractivity (Wildman–Crippen MR) is 126 cm³/mol. The summed E-state index contributed by atoms with van der Waals surface area (Å²) in [6.07, 6.45) is 0. The molecule has 1 nitrogen and oxygen atoms in total. The Morgan fingerprint density at radius 2 is 1.10 bits per heavy atom. The van der Waals surface area contributed by atoms with Crippen molar-refractivity contribution < 1.29 is 0 Å². The van der Waals surface area contributed by atoms with Crippen molar-refractivity contribution in [3.63, 3.8) is 0 Å². The number of hydrogen-bond acceptors (Lipinski definition) is 1.